The van der Waals surface area contributed by atoms with Gasteiger partial charge in [0.2, 0.25) is 0 Å². The molecule has 92 valence electrons. The van der Waals surface area contributed by atoms with Crippen LogP contribution in [0.2, 0.25) is 0 Å². The predicted octanol–water partition coefficient (Wildman–Crippen LogP) is 1.28. The van der Waals surface area contributed by atoms with Gasteiger partial charge in [-0.05, 0) is 18.4 Å². The van der Waals surface area contributed by atoms with Crippen molar-refractivity contribution in [3.05, 3.63) is 23.7 Å². The Hall–Kier alpha value is -0.460. The van der Waals surface area contributed by atoms with E-state index in [2.05, 4.69) is 5.32 Å². The van der Waals surface area contributed by atoms with Crippen molar-refractivity contribution < 1.29 is 12.8 Å². The van der Waals surface area contributed by atoms with Crippen molar-refractivity contribution in [3.8, 4) is 0 Å². The van der Waals surface area contributed by atoms with Crippen LogP contribution in [0, 0.1) is 0 Å². The van der Waals surface area contributed by atoms with Crippen molar-refractivity contribution in [2.45, 2.75) is 12.3 Å². The van der Waals surface area contributed by atoms with Crippen molar-refractivity contribution in [3.63, 3.8) is 0 Å². The van der Waals surface area contributed by atoms with E-state index in [-0.39, 0.29) is 5.75 Å². The fraction of sp³-hybridized carbons (Fsp3) is 0.600. The Balaban J connectivity index is 2.26. The second-order valence-corrected chi connectivity index (χ2v) is 6.73. The molecule has 16 heavy (non-hydrogen) atoms. The first kappa shape index (κ1) is 13.6. The lowest BCUT2D eigenvalue weighted by atomic mass is 10.4. The van der Waals surface area contributed by atoms with Gasteiger partial charge in [-0.15, -0.1) is 0 Å². The fourth-order valence-corrected chi connectivity index (χ4v) is 2.16. The summed E-state index contributed by atoms with van der Waals surface area (Å²) < 4.78 is 27.3. The normalized spacial score (nSPS) is 11.9. The first-order valence-electron chi connectivity index (χ1n) is 4.96. The first-order valence-corrected chi connectivity index (χ1v) is 8.41. The average Bonchev–Trinajstić information content (AvgIpc) is 2.60. The molecule has 0 amide bonds. The minimum atomic E-state index is -2.88. The van der Waals surface area contributed by atoms with Crippen LogP contribution in [0.25, 0.3) is 0 Å². The molecule has 1 heterocycles. The molecule has 1 rings (SSSR count). The molecule has 0 saturated carbocycles. The molecule has 0 aliphatic carbocycles. The van der Waals surface area contributed by atoms with Crippen molar-refractivity contribution in [2.75, 3.05) is 24.8 Å². The van der Waals surface area contributed by atoms with Crippen LogP contribution >= 0.6 is 11.8 Å². The average molecular weight is 263 g/mol. The van der Waals surface area contributed by atoms with E-state index in [4.69, 9.17) is 4.42 Å². The molecule has 1 aromatic rings. The standard InChI is InChI=1S/C10H17NO3S2/c1-15-8-10-4-3-9(14-10)7-11-5-6-16(2,12)13/h3-4,11H,5-8H2,1-2H3. The summed E-state index contributed by atoms with van der Waals surface area (Å²) in [4.78, 5) is 0. The second kappa shape index (κ2) is 6.32. The van der Waals surface area contributed by atoms with Crippen LogP contribution in [0.1, 0.15) is 11.5 Å². The van der Waals surface area contributed by atoms with E-state index < -0.39 is 9.84 Å². The maximum absolute atomic E-state index is 10.9. The Kier molecular flexibility index (Phi) is 5.37. The van der Waals surface area contributed by atoms with Crippen LogP contribution < -0.4 is 5.32 Å². The summed E-state index contributed by atoms with van der Waals surface area (Å²) in [7, 11) is -2.88. The molecule has 4 nitrogen and oxygen atoms in total. The van der Waals surface area contributed by atoms with Crippen molar-refractivity contribution in [2.24, 2.45) is 0 Å². The Labute approximate surface area is 101 Å². The quantitative estimate of drug-likeness (QED) is 0.751. The molecule has 0 spiro atoms. The number of furan rings is 1. The summed E-state index contributed by atoms with van der Waals surface area (Å²) in [5.74, 6) is 2.82. The molecule has 0 fully saturated rings. The Morgan fingerprint density at radius 3 is 2.69 bits per heavy atom. The second-order valence-electron chi connectivity index (χ2n) is 3.61. The molecule has 0 aliphatic rings. The molecular weight excluding hydrogens is 246 g/mol. The minimum Gasteiger partial charge on any atom is -0.464 e. The number of hydrogen-bond donors (Lipinski definition) is 1. The number of rotatable bonds is 7. The van der Waals surface area contributed by atoms with Crippen molar-refractivity contribution in [1.82, 2.24) is 5.32 Å². The van der Waals surface area contributed by atoms with Gasteiger partial charge in [0.25, 0.3) is 0 Å². The monoisotopic (exact) mass is 263 g/mol. The van der Waals surface area contributed by atoms with E-state index in [9.17, 15) is 8.42 Å². The fourth-order valence-electron chi connectivity index (χ4n) is 1.21. The smallest absolute Gasteiger partial charge is 0.148 e. The molecule has 6 heteroatoms. The highest BCUT2D eigenvalue weighted by Gasteiger charge is 2.03. The van der Waals surface area contributed by atoms with E-state index in [1.54, 1.807) is 11.8 Å². The lowest BCUT2D eigenvalue weighted by Crippen LogP contribution is -2.21. The zero-order chi connectivity index (χ0) is 12.0. The van der Waals surface area contributed by atoms with Gasteiger partial charge in [0, 0.05) is 12.8 Å². The maximum Gasteiger partial charge on any atom is 0.148 e. The highest BCUT2D eigenvalue weighted by Crippen LogP contribution is 2.12. The van der Waals surface area contributed by atoms with Gasteiger partial charge in [-0.2, -0.15) is 11.8 Å². The number of thioether (sulfide) groups is 1. The van der Waals surface area contributed by atoms with Crippen LogP contribution in [-0.4, -0.2) is 33.2 Å². The summed E-state index contributed by atoms with van der Waals surface area (Å²) in [6.07, 6.45) is 3.25. The largest absolute Gasteiger partial charge is 0.464 e. The third-order valence-corrected chi connectivity index (χ3v) is 3.47. The molecule has 1 aromatic heterocycles. The lowest BCUT2D eigenvalue weighted by Gasteiger charge is -2.01. The highest BCUT2D eigenvalue weighted by molar-refractivity contribution is 7.97. The van der Waals surface area contributed by atoms with Gasteiger partial charge in [-0.25, -0.2) is 8.42 Å². The van der Waals surface area contributed by atoms with Gasteiger partial charge in [0.05, 0.1) is 18.1 Å². The van der Waals surface area contributed by atoms with Gasteiger partial charge >= 0.3 is 0 Å². The Morgan fingerprint density at radius 2 is 2.06 bits per heavy atom. The van der Waals surface area contributed by atoms with Crippen molar-refractivity contribution >= 4 is 21.6 Å². The van der Waals surface area contributed by atoms with Crippen LogP contribution in [0.3, 0.4) is 0 Å². The first-order chi connectivity index (χ1) is 7.51. The molecule has 0 saturated heterocycles. The zero-order valence-electron chi connectivity index (χ0n) is 9.52. The lowest BCUT2D eigenvalue weighted by molar-refractivity contribution is 0.462. The number of hydrogen-bond acceptors (Lipinski definition) is 5. The summed E-state index contributed by atoms with van der Waals surface area (Å²) in [5, 5.41) is 3.03. The van der Waals surface area contributed by atoms with E-state index in [0.717, 1.165) is 17.3 Å². The van der Waals surface area contributed by atoms with E-state index in [1.807, 2.05) is 18.4 Å². The molecule has 0 aromatic carbocycles. The molecule has 0 unspecified atom stereocenters. The molecular formula is C10H17NO3S2. The molecule has 0 atom stereocenters. The number of nitrogens with one attached hydrogen (secondary N) is 1. The van der Waals surface area contributed by atoms with Gasteiger partial charge < -0.3 is 9.73 Å². The van der Waals surface area contributed by atoms with Gasteiger partial charge in [0.15, 0.2) is 0 Å². The summed E-state index contributed by atoms with van der Waals surface area (Å²) in [5.41, 5.74) is 0. The number of sulfone groups is 1. The molecule has 0 aliphatic heterocycles. The van der Waals surface area contributed by atoms with Crippen LogP contribution in [0.15, 0.2) is 16.5 Å². The maximum atomic E-state index is 10.9. The third-order valence-electron chi connectivity index (χ3n) is 1.95. The van der Waals surface area contributed by atoms with Gasteiger partial charge in [-0.1, -0.05) is 0 Å². The van der Waals surface area contributed by atoms with E-state index >= 15 is 0 Å². The van der Waals surface area contributed by atoms with E-state index in [1.165, 1.54) is 6.26 Å². The molecule has 1 N–H and O–H groups in total. The van der Waals surface area contributed by atoms with Gasteiger partial charge in [0.1, 0.15) is 21.4 Å². The summed E-state index contributed by atoms with van der Waals surface area (Å²) in [6.45, 7) is 1.03. The third kappa shape index (κ3) is 5.58. The molecule has 0 bridgehead atoms. The molecule has 0 radical (unpaired) electrons. The summed E-state index contributed by atoms with van der Waals surface area (Å²) in [6, 6.07) is 3.86. The summed E-state index contributed by atoms with van der Waals surface area (Å²) >= 11 is 1.71. The van der Waals surface area contributed by atoms with Crippen LogP contribution in [0.5, 0.6) is 0 Å². The van der Waals surface area contributed by atoms with Crippen molar-refractivity contribution in [1.29, 1.82) is 0 Å². The van der Waals surface area contributed by atoms with Crippen LogP contribution in [0.4, 0.5) is 0 Å². The predicted molar refractivity (Wildman–Crippen MR) is 67.3 cm³/mol. The Bertz CT molecular complexity index is 411. The highest BCUT2D eigenvalue weighted by atomic mass is 32.2. The van der Waals surface area contributed by atoms with Gasteiger partial charge in [-0.3, -0.25) is 0 Å². The Morgan fingerprint density at radius 1 is 1.38 bits per heavy atom. The van der Waals surface area contributed by atoms with E-state index in [0.29, 0.717) is 13.1 Å². The van der Waals surface area contributed by atoms with Crippen LogP contribution in [-0.2, 0) is 22.1 Å². The minimum absolute atomic E-state index is 0.158. The SMILES string of the molecule is CSCc1ccc(CNCCS(C)(=O)=O)o1. The topological polar surface area (TPSA) is 59.3 Å². The zero-order valence-corrected chi connectivity index (χ0v) is 11.2.